The highest BCUT2D eigenvalue weighted by atomic mass is 35.5. The van der Waals surface area contributed by atoms with Gasteiger partial charge in [0.1, 0.15) is 11.2 Å². The smallest absolute Gasteiger partial charge is 0.268 e. The number of rotatable bonds is 3. The molecule has 1 fully saturated rings. The minimum Gasteiger partial charge on any atom is -0.380 e. The second-order valence-corrected chi connectivity index (χ2v) is 6.48. The first kappa shape index (κ1) is 15.6. The fourth-order valence-electron chi connectivity index (χ4n) is 2.48. The van der Waals surface area contributed by atoms with Crippen molar-refractivity contribution in [2.45, 2.75) is 20.4 Å². The van der Waals surface area contributed by atoms with E-state index in [-0.39, 0.29) is 5.91 Å². The molecule has 1 heterocycles. The van der Waals surface area contributed by atoms with Gasteiger partial charge in [0.2, 0.25) is 0 Å². The van der Waals surface area contributed by atoms with Gasteiger partial charge in [0, 0.05) is 5.02 Å². The van der Waals surface area contributed by atoms with E-state index in [0.717, 1.165) is 11.1 Å². The van der Waals surface area contributed by atoms with Crippen molar-refractivity contribution in [2.75, 3.05) is 0 Å². The zero-order chi connectivity index (χ0) is 16.4. The van der Waals surface area contributed by atoms with Gasteiger partial charge in [-0.2, -0.15) is 5.06 Å². The Morgan fingerprint density at radius 3 is 2.43 bits per heavy atom. The van der Waals surface area contributed by atoms with Gasteiger partial charge in [-0.3, -0.25) is 4.79 Å². The summed E-state index contributed by atoms with van der Waals surface area (Å²) in [5.41, 5.74) is 1.17. The van der Waals surface area contributed by atoms with Crippen molar-refractivity contribution in [1.82, 2.24) is 5.06 Å². The molecule has 1 amide bonds. The van der Waals surface area contributed by atoms with Gasteiger partial charge in [-0.15, -0.1) is 0 Å². The van der Waals surface area contributed by atoms with Crippen LogP contribution >= 0.6 is 11.6 Å². The zero-order valence-electron chi connectivity index (χ0n) is 13.1. The normalized spacial score (nSPS) is 18.3. The van der Waals surface area contributed by atoms with Gasteiger partial charge in [0.05, 0.1) is 6.54 Å². The highest BCUT2D eigenvalue weighted by molar-refractivity contribution is 6.31. The molecule has 0 aliphatic carbocycles. The van der Waals surface area contributed by atoms with Crippen LogP contribution in [-0.2, 0) is 16.2 Å². The first-order valence-corrected chi connectivity index (χ1v) is 7.87. The van der Waals surface area contributed by atoms with Gasteiger partial charge in [-0.25, -0.2) is 0 Å². The molecule has 0 radical (unpaired) electrons. The van der Waals surface area contributed by atoms with Crippen molar-refractivity contribution in [1.29, 1.82) is 0 Å². The fraction of sp³-hybridized carbons (Fsp3) is 0.211. The van der Waals surface area contributed by atoms with Crippen molar-refractivity contribution >= 4 is 23.6 Å². The molecule has 0 saturated carbocycles. The summed E-state index contributed by atoms with van der Waals surface area (Å²) in [6, 6.07) is 17.3. The molecule has 1 aliphatic rings. The average Bonchev–Trinajstić information content (AvgIpc) is 2.74. The number of halogens is 1. The second-order valence-electron chi connectivity index (χ2n) is 6.07. The Morgan fingerprint density at radius 2 is 1.74 bits per heavy atom. The Labute approximate surface area is 141 Å². The quantitative estimate of drug-likeness (QED) is 0.819. The van der Waals surface area contributed by atoms with Crippen molar-refractivity contribution in [3.05, 3.63) is 76.5 Å². The van der Waals surface area contributed by atoms with Crippen LogP contribution in [0.1, 0.15) is 25.0 Å². The van der Waals surface area contributed by atoms with E-state index in [1.807, 2.05) is 74.5 Å². The summed E-state index contributed by atoms with van der Waals surface area (Å²) in [5.74, 6) is 0.570. The summed E-state index contributed by atoms with van der Waals surface area (Å²) in [5, 5.41) is 2.01. The lowest BCUT2D eigenvalue weighted by atomic mass is 9.89. The van der Waals surface area contributed by atoms with Gasteiger partial charge in [-0.1, -0.05) is 60.1 Å². The van der Waals surface area contributed by atoms with Gasteiger partial charge < -0.3 is 4.84 Å². The summed E-state index contributed by atoms with van der Waals surface area (Å²) >= 11 is 6.18. The van der Waals surface area contributed by atoms with Crippen LogP contribution in [0.3, 0.4) is 0 Å². The number of nitrogens with zero attached hydrogens (tertiary/aromatic N) is 1. The van der Waals surface area contributed by atoms with E-state index in [2.05, 4.69) is 0 Å². The lowest BCUT2D eigenvalue weighted by Gasteiger charge is -2.15. The van der Waals surface area contributed by atoms with E-state index >= 15 is 0 Å². The standard InChI is InChI=1S/C19H18ClNO2/c1-19(2)17(12-14-8-4-3-5-9-14)23-21(18(19)22)13-15-10-6-7-11-16(15)20/h3-12H,13H2,1-2H3/b17-12-. The van der Waals surface area contributed by atoms with Crippen LogP contribution in [0, 0.1) is 5.41 Å². The summed E-state index contributed by atoms with van der Waals surface area (Å²) in [4.78, 5) is 18.5. The molecule has 1 aliphatic heterocycles. The largest absolute Gasteiger partial charge is 0.380 e. The van der Waals surface area contributed by atoms with E-state index in [9.17, 15) is 4.79 Å². The highest BCUT2D eigenvalue weighted by Crippen LogP contribution is 2.39. The number of hydroxylamine groups is 2. The SMILES string of the molecule is CC1(C)C(=O)N(Cc2ccccc2Cl)O/C1=C\c1ccccc1. The molecule has 0 spiro atoms. The molecule has 0 bridgehead atoms. The molecule has 3 rings (SSSR count). The van der Waals surface area contributed by atoms with Crippen LogP contribution in [0.25, 0.3) is 6.08 Å². The topological polar surface area (TPSA) is 29.5 Å². The fourth-order valence-corrected chi connectivity index (χ4v) is 2.68. The minimum absolute atomic E-state index is 0.0698. The second kappa shape index (κ2) is 6.09. The molecule has 118 valence electrons. The molecule has 0 aromatic heterocycles. The van der Waals surface area contributed by atoms with E-state index in [1.165, 1.54) is 5.06 Å². The van der Waals surface area contributed by atoms with Crippen molar-refractivity contribution < 1.29 is 9.63 Å². The molecular formula is C19H18ClNO2. The van der Waals surface area contributed by atoms with Crippen molar-refractivity contribution in [3.63, 3.8) is 0 Å². The van der Waals surface area contributed by atoms with Crippen LogP contribution in [0.5, 0.6) is 0 Å². The third-order valence-corrected chi connectivity index (χ3v) is 4.32. The van der Waals surface area contributed by atoms with Crippen LogP contribution in [0.2, 0.25) is 5.02 Å². The zero-order valence-corrected chi connectivity index (χ0v) is 13.9. The number of hydrogen-bond donors (Lipinski definition) is 0. The molecule has 0 atom stereocenters. The number of hydrogen-bond acceptors (Lipinski definition) is 2. The third-order valence-electron chi connectivity index (χ3n) is 3.95. The maximum atomic E-state index is 12.7. The first-order valence-electron chi connectivity index (χ1n) is 7.49. The third kappa shape index (κ3) is 3.10. The molecule has 2 aromatic rings. The summed E-state index contributed by atoms with van der Waals surface area (Å²) < 4.78 is 0. The highest BCUT2D eigenvalue weighted by Gasteiger charge is 2.46. The Balaban J connectivity index is 1.87. The monoisotopic (exact) mass is 327 g/mol. The average molecular weight is 328 g/mol. The molecule has 0 unspecified atom stereocenters. The van der Waals surface area contributed by atoms with E-state index < -0.39 is 5.41 Å². The molecule has 0 N–H and O–H groups in total. The molecule has 23 heavy (non-hydrogen) atoms. The van der Waals surface area contributed by atoms with Gasteiger partial charge in [0.25, 0.3) is 5.91 Å². The molecule has 4 heteroatoms. The number of carbonyl (C=O) groups is 1. The van der Waals surface area contributed by atoms with Crippen LogP contribution in [0.4, 0.5) is 0 Å². The predicted molar refractivity (Wildman–Crippen MR) is 91.3 cm³/mol. The van der Waals surface area contributed by atoms with E-state index in [4.69, 9.17) is 16.4 Å². The number of carbonyl (C=O) groups excluding carboxylic acids is 1. The molecule has 3 nitrogen and oxygen atoms in total. The van der Waals surface area contributed by atoms with Crippen molar-refractivity contribution in [2.24, 2.45) is 5.41 Å². The maximum Gasteiger partial charge on any atom is 0.268 e. The van der Waals surface area contributed by atoms with E-state index in [0.29, 0.717) is 17.3 Å². The maximum absolute atomic E-state index is 12.7. The predicted octanol–water partition coefficient (Wildman–Crippen LogP) is 4.68. The van der Waals surface area contributed by atoms with Gasteiger partial charge in [0.15, 0.2) is 0 Å². The molecule has 1 saturated heterocycles. The number of benzene rings is 2. The van der Waals surface area contributed by atoms with Gasteiger partial charge in [-0.05, 0) is 37.1 Å². The van der Waals surface area contributed by atoms with Crippen LogP contribution < -0.4 is 0 Å². The lowest BCUT2D eigenvalue weighted by molar-refractivity contribution is -0.159. The lowest BCUT2D eigenvalue weighted by Crippen LogP contribution is -2.30. The molecular weight excluding hydrogens is 310 g/mol. The number of amides is 1. The van der Waals surface area contributed by atoms with E-state index in [1.54, 1.807) is 0 Å². The summed E-state index contributed by atoms with van der Waals surface area (Å²) in [6.45, 7) is 4.07. The first-order chi connectivity index (χ1) is 11.0. The van der Waals surface area contributed by atoms with Gasteiger partial charge >= 0.3 is 0 Å². The van der Waals surface area contributed by atoms with Crippen LogP contribution in [0.15, 0.2) is 60.4 Å². The van der Waals surface area contributed by atoms with Crippen molar-refractivity contribution in [3.8, 4) is 0 Å². The Morgan fingerprint density at radius 1 is 1.09 bits per heavy atom. The summed E-state index contributed by atoms with van der Waals surface area (Å²) in [7, 11) is 0. The van der Waals surface area contributed by atoms with Crippen LogP contribution in [-0.4, -0.2) is 11.0 Å². The Kier molecular flexibility index (Phi) is 4.14. The molecule has 2 aromatic carbocycles. The minimum atomic E-state index is -0.697. The Bertz CT molecular complexity index is 753. The Hall–Kier alpha value is -2.26. The summed E-state index contributed by atoms with van der Waals surface area (Å²) in [6.07, 6.45) is 1.91.